The van der Waals surface area contributed by atoms with Gasteiger partial charge in [0.2, 0.25) is 0 Å². The summed E-state index contributed by atoms with van der Waals surface area (Å²) in [7, 11) is 0. The maximum absolute atomic E-state index is 6.41. The SMILES string of the molecule is c1ccc(-c2c(N(c3ccc4c(c3)-c3ccccc3C4(c3ccccc3)c3ccccc3)c3ccc4oc5ccccc5c4c3)c3ccccc3c3ccccc23)cc1. The molecule has 1 aliphatic carbocycles. The van der Waals surface area contributed by atoms with E-state index in [1.807, 2.05) is 6.07 Å². The van der Waals surface area contributed by atoms with Gasteiger partial charge >= 0.3 is 0 Å². The van der Waals surface area contributed by atoms with Crippen LogP contribution in [0.15, 0.2) is 229 Å². The van der Waals surface area contributed by atoms with Gasteiger partial charge in [0.1, 0.15) is 11.2 Å². The minimum Gasteiger partial charge on any atom is -0.456 e. The highest BCUT2D eigenvalue weighted by atomic mass is 16.3. The van der Waals surface area contributed by atoms with Gasteiger partial charge in [-0.3, -0.25) is 0 Å². The van der Waals surface area contributed by atoms with E-state index >= 15 is 0 Å². The molecular formula is C57H37NO. The molecule has 0 radical (unpaired) electrons. The summed E-state index contributed by atoms with van der Waals surface area (Å²) in [6.45, 7) is 0. The Labute approximate surface area is 342 Å². The zero-order valence-corrected chi connectivity index (χ0v) is 32.2. The first-order valence-corrected chi connectivity index (χ1v) is 20.3. The Morgan fingerprint density at radius 2 is 0.847 bits per heavy atom. The maximum atomic E-state index is 6.41. The first-order valence-electron chi connectivity index (χ1n) is 20.3. The number of benzene rings is 10. The summed E-state index contributed by atoms with van der Waals surface area (Å²) in [5.41, 5.74) is 14.5. The third-order valence-corrected chi connectivity index (χ3v) is 12.5. The van der Waals surface area contributed by atoms with Gasteiger partial charge in [-0.15, -0.1) is 0 Å². The number of fused-ring (bicyclic) bond motifs is 9. The zero-order valence-electron chi connectivity index (χ0n) is 32.2. The second-order valence-electron chi connectivity index (χ2n) is 15.6. The van der Waals surface area contributed by atoms with Gasteiger partial charge < -0.3 is 9.32 Å². The van der Waals surface area contributed by atoms with Crippen molar-refractivity contribution in [2.45, 2.75) is 5.41 Å². The highest BCUT2D eigenvalue weighted by Gasteiger charge is 2.46. The Hall–Kier alpha value is -7.68. The lowest BCUT2D eigenvalue weighted by Crippen LogP contribution is -2.28. The summed E-state index contributed by atoms with van der Waals surface area (Å²) in [4.78, 5) is 2.51. The number of nitrogens with zero attached hydrogens (tertiary/aromatic N) is 1. The zero-order chi connectivity index (χ0) is 38.9. The fraction of sp³-hybridized carbons (Fsp3) is 0.0175. The van der Waals surface area contributed by atoms with Crippen LogP contribution in [-0.4, -0.2) is 0 Å². The van der Waals surface area contributed by atoms with Gasteiger partial charge in [0.05, 0.1) is 11.1 Å². The molecule has 2 nitrogen and oxygen atoms in total. The average Bonchev–Trinajstić information content (AvgIpc) is 3.83. The lowest BCUT2D eigenvalue weighted by Gasteiger charge is -2.34. The summed E-state index contributed by atoms with van der Waals surface area (Å²) >= 11 is 0. The van der Waals surface area contributed by atoms with Crippen LogP contribution in [0, 0.1) is 0 Å². The molecule has 276 valence electrons. The van der Waals surface area contributed by atoms with E-state index in [1.165, 1.54) is 66.1 Å². The summed E-state index contributed by atoms with van der Waals surface area (Å²) < 4.78 is 6.41. The van der Waals surface area contributed by atoms with Crippen LogP contribution in [0.5, 0.6) is 0 Å². The second kappa shape index (κ2) is 13.2. The Balaban J connectivity index is 1.21. The monoisotopic (exact) mass is 751 g/mol. The molecule has 0 amide bonds. The van der Waals surface area contributed by atoms with Crippen molar-refractivity contribution in [2.75, 3.05) is 4.90 Å². The Bertz CT molecular complexity index is 3340. The van der Waals surface area contributed by atoms with Gasteiger partial charge in [0.15, 0.2) is 0 Å². The van der Waals surface area contributed by atoms with Crippen molar-refractivity contribution in [3.8, 4) is 22.3 Å². The molecule has 0 bridgehead atoms. The molecule has 11 aromatic rings. The van der Waals surface area contributed by atoms with Crippen LogP contribution >= 0.6 is 0 Å². The first-order chi connectivity index (χ1) is 29.3. The molecule has 12 rings (SSSR count). The standard InChI is InChI=1S/C57H37NO/c1-4-18-38(19-5-1)55-47-28-12-10-24-43(47)44-25-11-13-29-48(44)56(55)58(42-33-35-54-50(37-42)46-27-15-17-31-53(46)59-54)41-32-34-52-49(36-41)45-26-14-16-30-51(45)57(52,39-20-6-2-7-21-39)40-22-8-3-9-23-40/h1-37H. The van der Waals surface area contributed by atoms with Crippen molar-refractivity contribution in [1.29, 1.82) is 0 Å². The van der Waals surface area contributed by atoms with Gasteiger partial charge in [-0.1, -0.05) is 188 Å². The molecule has 10 aromatic carbocycles. The number of anilines is 3. The van der Waals surface area contributed by atoms with E-state index in [2.05, 4.69) is 223 Å². The fourth-order valence-corrected chi connectivity index (χ4v) is 10.1. The van der Waals surface area contributed by atoms with Crippen LogP contribution in [0.2, 0.25) is 0 Å². The number of furan rings is 1. The molecule has 0 unspecified atom stereocenters. The van der Waals surface area contributed by atoms with E-state index in [-0.39, 0.29) is 0 Å². The molecule has 0 saturated heterocycles. The largest absolute Gasteiger partial charge is 0.456 e. The van der Waals surface area contributed by atoms with Gasteiger partial charge in [-0.2, -0.15) is 0 Å². The van der Waals surface area contributed by atoms with Crippen LogP contribution in [0.3, 0.4) is 0 Å². The highest BCUT2D eigenvalue weighted by molar-refractivity contribution is 6.22. The summed E-state index contributed by atoms with van der Waals surface area (Å²) in [6, 6.07) is 82.0. The Morgan fingerprint density at radius 1 is 0.339 bits per heavy atom. The number of rotatable bonds is 6. The predicted molar refractivity (Wildman–Crippen MR) is 246 cm³/mol. The minimum absolute atomic E-state index is 0.489. The number of para-hydroxylation sites is 1. The molecule has 0 atom stereocenters. The summed E-state index contributed by atoms with van der Waals surface area (Å²) in [5.74, 6) is 0. The molecule has 1 heterocycles. The minimum atomic E-state index is -0.489. The second-order valence-corrected chi connectivity index (χ2v) is 15.6. The van der Waals surface area contributed by atoms with E-state index in [9.17, 15) is 0 Å². The predicted octanol–water partition coefficient (Wildman–Crippen LogP) is 15.4. The molecular weight excluding hydrogens is 715 g/mol. The van der Waals surface area contributed by atoms with E-state index in [0.29, 0.717) is 0 Å². The average molecular weight is 752 g/mol. The molecule has 59 heavy (non-hydrogen) atoms. The third kappa shape index (κ3) is 4.93. The molecule has 0 fully saturated rings. The summed E-state index contributed by atoms with van der Waals surface area (Å²) in [6.07, 6.45) is 0. The van der Waals surface area contributed by atoms with Crippen LogP contribution < -0.4 is 4.90 Å². The van der Waals surface area contributed by atoms with Crippen LogP contribution in [0.1, 0.15) is 22.3 Å². The smallest absolute Gasteiger partial charge is 0.135 e. The van der Waals surface area contributed by atoms with Crippen LogP contribution in [0.4, 0.5) is 17.1 Å². The topological polar surface area (TPSA) is 16.4 Å². The fourth-order valence-electron chi connectivity index (χ4n) is 10.1. The van der Waals surface area contributed by atoms with Crippen LogP contribution in [0.25, 0.3) is 65.7 Å². The van der Waals surface area contributed by atoms with E-state index in [0.717, 1.165) is 39.0 Å². The van der Waals surface area contributed by atoms with Crippen molar-refractivity contribution in [3.63, 3.8) is 0 Å². The van der Waals surface area contributed by atoms with E-state index < -0.39 is 5.41 Å². The Morgan fingerprint density at radius 3 is 1.58 bits per heavy atom. The number of hydrogen-bond donors (Lipinski definition) is 0. The Kier molecular flexibility index (Phi) is 7.48. The molecule has 2 heteroatoms. The van der Waals surface area contributed by atoms with Crippen LogP contribution in [-0.2, 0) is 5.41 Å². The molecule has 0 N–H and O–H groups in total. The lowest BCUT2D eigenvalue weighted by atomic mass is 9.68. The molecule has 0 spiro atoms. The highest BCUT2D eigenvalue weighted by Crippen LogP contribution is 2.58. The molecule has 1 aromatic heterocycles. The van der Waals surface area contributed by atoms with Gasteiger partial charge in [0.25, 0.3) is 0 Å². The van der Waals surface area contributed by atoms with E-state index in [1.54, 1.807) is 0 Å². The summed E-state index contributed by atoms with van der Waals surface area (Å²) in [5, 5.41) is 7.05. The van der Waals surface area contributed by atoms with Crippen molar-refractivity contribution in [1.82, 2.24) is 0 Å². The number of hydrogen-bond acceptors (Lipinski definition) is 2. The van der Waals surface area contributed by atoms with Crippen molar-refractivity contribution in [3.05, 3.63) is 247 Å². The van der Waals surface area contributed by atoms with Crippen molar-refractivity contribution < 1.29 is 4.42 Å². The molecule has 0 aliphatic heterocycles. The normalized spacial score (nSPS) is 12.9. The quantitative estimate of drug-likeness (QED) is 0.157. The molecule has 1 aliphatic rings. The van der Waals surface area contributed by atoms with Gasteiger partial charge in [0, 0.05) is 33.1 Å². The van der Waals surface area contributed by atoms with Crippen molar-refractivity contribution in [2.24, 2.45) is 0 Å². The van der Waals surface area contributed by atoms with Crippen molar-refractivity contribution >= 4 is 60.5 Å². The maximum Gasteiger partial charge on any atom is 0.135 e. The van der Waals surface area contributed by atoms with E-state index in [4.69, 9.17) is 4.42 Å². The lowest BCUT2D eigenvalue weighted by molar-refractivity contribution is 0.669. The van der Waals surface area contributed by atoms with Gasteiger partial charge in [-0.25, -0.2) is 0 Å². The van der Waals surface area contributed by atoms with Gasteiger partial charge in [-0.05, 0) is 91.5 Å². The third-order valence-electron chi connectivity index (χ3n) is 12.5. The first kappa shape index (κ1) is 33.5. The molecule has 0 saturated carbocycles.